The number of aromatic nitrogens is 6. The Morgan fingerprint density at radius 2 is 2.18 bits per heavy atom. The van der Waals surface area contributed by atoms with Crippen molar-refractivity contribution in [3.63, 3.8) is 0 Å². The van der Waals surface area contributed by atoms with Crippen LogP contribution in [-0.4, -0.2) is 29.9 Å². The number of rotatable bonds is 3. The van der Waals surface area contributed by atoms with Gasteiger partial charge in [0.25, 0.3) is 0 Å². The topological polar surface area (TPSA) is 72.3 Å². The first kappa shape index (κ1) is 9.71. The van der Waals surface area contributed by atoms with Gasteiger partial charge < -0.3 is 0 Å². The molecule has 0 saturated heterocycles. The summed E-state index contributed by atoms with van der Waals surface area (Å²) in [6.45, 7) is 0.576. The van der Waals surface area contributed by atoms with Gasteiger partial charge in [-0.1, -0.05) is 6.07 Å². The van der Waals surface area contributed by atoms with Crippen LogP contribution in [0, 0.1) is 0 Å². The van der Waals surface area contributed by atoms with Crippen LogP contribution in [0.3, 0.4) is 0 Å². The van der Waals surface area contributed by atoms with Crippen LogP contribution in [-0.2, 0) is 6.54 Å². The van der Waals surface area contributed by atoms with Crippen LogP contribution in [0.25, 0.3) is 11.5 Å². The smallest absolute Gasteiger partial charge is 0.199 e. The van der Waals surface area contributed by atoms with Gasteiger partial charge in [-0.05, 0) is 18.2 Å². The molecule has 3 heterocycles. The number of nitrogens with zero attached hydrogens (tertiary/aromatic N) is 5. The summed E-state index contributed by atoms with van der Waals surface area (Å²) in [5, 5.41) is 11.1. The molecule has 0 saturated carbocycles. The predicted molar refractivity (Wildman–Crippen MR) is 60.9 cm³/mol. The average Bonchev–Trinajstić information content (AvgIpc) is 3.02. The van der Waals surface area contributed by atoms with Gasteiger partial charge >= 0.3 is 0 Å². The summed E-state index contributed by atoms with van der Waals surface area (Å²) in [6, 6.07) is 7.52. The molecule has 0 aliphatic heterocycles. The highest BCUT2D eigenvalue weighted by Crippen LogP contribution is 2.10. The lowest BCUT2D eigenvalue weighted by Crippen LogP contribution is -2.01. The van der Waals surface area contributed by atoms with Gasteiger partial charge in [0.1, 0.15) is 18.1 Å². The van der Waals surface area contributed by atoms with Crippen LogP contribution >= 0.6 is 0 Å². The van der Waals surface area contributed by atoms with E-state index < -0.39 is 0 Å². The first-order valence-corrected chi connectivity index (χ1v) is 5.22. The Hall–Kier alpha value is -2.50. The van der Waals surface area contributed by atoms with E-state index in [9.17, 15) is 0 Å². The molecule has 6 nitrogen and oxygen atoms in total. The Bertz CT molecular complexity index is 583. The number of aromatic amines is 1. The molecular weight excluding hydrogens is 216 g/mol. The normalized spacial score (nSPS) is 10.6. The molecule has 1 N–H and O–H groups in total. The molecule has 3 rings (SSSR count). The minimum atomic E-state index is 0.576. The highest BCUT2D eigenvalue weighted by Gasteiger charge is 2.06. The predicted octanol–water partition coefficient (Wildman–Crippen LogP) is 1.11. The second kappa shape index (κ2) is 4.17. The molecule has 0 spiro atoms. The van der Waals surface area contributed by atoms with Crippen molar-refractivity contribution in [3.8, 4) is 11.5 Å². The van der Waals surface area contributed by atoms with Crippen LogP contribution in [0.2, 0.25) is 0 Å². The van der Waals surface area contributed by atoms with Crippen LogP contribution < -0.4 is 0 Å². The first-order valence-electron chi connectivity index (χ1n) is 5.22. The summed E-state index contributed by atoms with van der Waals surface area (Å²) in [4.78, 5) is 8.56. The minimum absolute atomic E-state index is 0.576. The second-order valence-corrected chi connectivity index (χ2v) is 3.52. The van der Waals surface area contributed by atoms with E-state index in [1.54, 1.807) is 17.1 Å². The standard InChI is InChI=1S/C11H10N6/c1-2-5-12-9(4-1)11-14-10(15-16-11)8-17-7-3-6-13-17/h1-7H,8H2,(H,14,15,16). The molecular formula is C11H10N6. The fourth-order valence-electron chi connectivity index (χ4n) is 1.52. The highest BCUT2D eigenvalue weighted by atomic mass is 15.3. The minimum Gasteiger partial charge on any atom is -0.265 e. The van der Waals surface area contributed by atoms with Crippen molar-refractivity contribution in [1.82, 2.24) is 29.9 Å². The van der Waals surface area contributed by atoms with Crippen LogP contribution in [0.5, 0.6) is 0 Å². The van der Waals surface area contributed by atoms with Gasteiger partial charge in [0.05, 0.1) is 0 Å². The van der Waals surface area contributed by atoms with Crippen LogP contribution in [0.15, 0.2) is 42.9 Å². The first-order chi connectivity index (χ1) is 8.42. The summed E-state index contributed by atoms with van der Waals surface area (Å²) >= 11 is 0. The molecule has 84 valence electrons. The third kappa shape index (κ3) is 2.05. The van der Waals surface area contributed by atoms with E-state index in [1.165, 1.54) is 0 Å². The van der Waals surface area contributed by atoms with Crippen molar-refractivity contribution in [2.24, 2.45) is 0 Å². The molecule has 0 atom stereocenters. The lowest BCUT2D eigenvalue weighted by molar-refractivity contribution is 0.657. The lowest BCUT2D eigenvalue weighted by Gasteiger charge is -1.95. The number of hydrogen-bond acceptors (Lipinski definition) is 4. The molecule has 0 radical (unpaired) electrons. The zero-order valence-electron chi connectivity index (χ0n) is 8.98. The molecule has 0 unspecified atom stereocenters. The van der Waals surface area contributed by atoms with Gasteiger partial charge in [0.15, 0.2) is 5.82 Å². The van der Waals surface area contributed by atoms with Crippen molar-refractivity contribution >= 4 is 0 Å². The highest BCUT2D eigenvalue weighted by molar-refractivity contribution is 5.47. The van der Waals surface area contributed by atoms with Gasteiger partial charge in [-0.2, -0.15) is 10.2 Å². The molecule has 0 aromatic carbocycles. The van der Waals surface area contributed by atoms with E-state index in [2.05, 4.69) is 25.3 Å². The summed E-state index contributed by atoms with van der Waals surface area (Å²) in [6.07, 6.45) is 5.33. The van der Waals surface area contributed by atoms with Crippen molar-refractivity contribution in [2.75, 3.05) is 0 Å². The molecule has 6 heteroatoms. The Morgan fingerprint density at radius 3 is 2.94 bits per heavy atom. The Morgan fingerprint density at radius 1 is 1.18 bits per heavy atom. The molecule has 0 fully saturated rings. The summed E-state index contributed by atoms with van der Waals surface area (Å²) in [7, 11) is 0. The molecule has 0 bridgehead atoms. The largest absolute Gasteiger partial charge is 0.265 e. The molecule has 3 aromatic heterocycles. The van der Waals surface area contributed by atoms with E-state index in [0.717, 1.165) is 11.5 Å². The molecule has 3 aromatic rings. The third-order valence-corrected chi connectivity index (χ3v) is 2.30. The van der Waals surface area contributed by atoms with Crippen LogP contribution in [0.4, 0.5) is 0 Å². The maximum Gasteiger partial charge on any atom is 0.199 e. The van der Waals surface area contributed by atoms with Crippen molar-refractivity contribution in [1.29, 1.82) is 0 Å². The Kier molecular flexibility index (Phi) is 2.38. The molecule has 0 amide bonds. The maximum absolute atomic E-state index is 4.37. The van der Waals surface area contributed by atoms with E-state index in [1.807, 2.05) is 30.5 Å². The second-order valence-electron chi connectivity index (χ2n) is 3.52. The number of pyridine rings is 1. The van der Waals surface area contributed by atoms with Gasteiger partial charge in [-0.25, -0.2) is 4.98 Å². The van der Waals surface area contributed by atoms with Gasteiger partial charge in [-0.15, -0.1) is 0 Å². The zero-order chi connectivity index (χ0) is 11.5. The van der Waals surface area contributed by atoms with E-state index in [4.69, 9.17) is 0 Å². The van der Waals surface area contributed by atoms with Crippen molar-refractivity contribution < 1.29 is 0 Å². The van der Waals surface area contributed by atoms with Crippen LogP contribution in [0.1, 0.15) is 5.82 Å². The quantitative estimate of drug-likeness (QED) is 0.726. The molecule has 17 heavy (non-hydrogen) atoms. The van der Waals surface area contributed by atoms with E-state index in [0.29, 0.717) is 12.4 Å². The Labute approximate surface area is 97.4 Å². The average molecular weight is 226 g/mol. The zero-order valence-corrected chi connectivity index (χ0v) is 8.98. The van der Waals surface area contributed by atoms with Crippen molar-refractivity contribution in [3.05, 3.63) is 48.7 Å². The third-order valence-electron chi connectivity index (χ3n) is 2.30. The van der Waals surface area contributed by atoms with E-state index in [-0.39, 0.29) is 0 Å². The molecule has 0 aliphatic carbocycles. The summed E-state index contributed by atoms with van der Waals surface area (Å²) in [5.41, 5.74) is 0.760. The van der Waals surface area contributed by atoms with Crippen molar-refractivity contribution in [2.45, 2.75) is 6.54 Å². The number of nitrogens with one attached hydrogen (secondary N) is 1. The SMILES string of the molecule is c1ccc(-c2n[nH]c(Cn3cccn3)n2)nc1. The fourth-order valence-corrected chi connectivity index (χ4v) is 1.52. The number of H-pyrrole nitrogens is 1. The summed E-state index contributed by atoms with van der Waals surface area (Å²) in [5.74, 6) is 1.36. The maximum atomic E-state index is 4.37. The number of hydrogen-bond donors (Lipinski definition) is 1. The van der Waals surface area contributed by atoms with Gasteiger partial charge in [-0.3, -0.25) is 14.8 Å². The molecule has 0 aliphatic rings. The van der Waals surface area contributed by atoms with Gasteiger partial charge in [0, 0.05) is 18.6 Å². The van der Waals surface area contributed by atoms with Gasteiger partial charge in [0.2, 0.25) is 0 Å². The Balaban J connectivity index is 1.84. The van der Waals surface area contributed by atoms with E-state index >= 15 is 0 Å². The lowest BCUT2D eigenvalue weighted by atomic mass is 10.3. The summed E-state index contributed by atoms with van der Waals surface area (Å²) < 4.78 is 1.78. The monoisotopic (exact) mass is 226 g/mol. The fraction of sp³-hybridized carbons (Fsp3) is 0.0909.